The van der Waals surface area contributed by atoms with Gasteiger partial charge in [-0.1, -0.05) is 18.2 Å². The van der Waals surface area contributed by atoms with Crippen molar-refractivity contribution in [3.05, 3.63) is 64.7 Å². The van der Waals surface area contributed by atoms with E-state index in [1.54, 1.807) is 24.3 Å². The van der Waals surface area contributed by atoms with Gasteiger partial charge in [0.05, 0.1) is 12.7 Å². The molecule has 1 fully saturated rings. The quantitative estimate of drug-likeness (QED) is 0.846. The maximum atomic E-state index is 14.2. The van der Waals surface area contributed by atoms with Gasteiger partial charge >= 0.3 is 5.97 Å². The summed E-state index contributed by atoms with van der Waals surface area (Å²) in [5.41, 5.74) is 0.655. The fourth-order valence-electron chi connectivity index (χ4n) is 3.65. The predicted octanol–water partition coefficient (Wildman–Crippen LogP) is 3.77. The Hall–Kier alpha value is -2.96. The number of carbonyl (C=O) groups is 2. The molecule has 28 heavy (non-hydrogen) atoms. The summed E-state index contributed by atoms with van der Waals surface area (Å²) in [6, 6.07) is 8.72. The molecule has 0 atom stereocenters. The van der Waals surface area contributed by atoms with Gasteiger partial charge in [0.25, 0.3) is 5.91 Å². The zero-order valence-electron chi connectivity index (χ0n) is 15.5. The lowest BCUT2D eigenvalue weighted by Crippen LogP contribution is -2.39. The maximum absolute atomic E-state index is 14.2. The second kappa shape index (κ2) is 8.37. The minimum atomic E-state index is -0.961. The monoisotopic (exact) mass is 389 g/mol. The molecule has 0 bridgehead atoms. The van der Waals surface area contributed by atoms with Crippen LogP contribution in [-0.2, 0) is 6.42 Å². The number of hydrogen-bond donors (Lipinski definition) is 1. The van der Waals surface area contributed by atoms with Crippen LogP contribution in [-0.4, -0.2) is 42.1 Å². The second-order valence-corrected chi connectivity index (χ2v) is 6.84. The number of hydrogen-bond acceptors (Lipinski definition) is 3. The summed E-state index contributed by atoms with van der Waals surface area (Å²) in [7, 11) is 1.20. The SMILES string of the molecule is COc1c(F)ccc(F)c1C(=O)N1CCC(Cc2ccccc2C(=O)O)CC1. The topological polar surface area (TPSA) is 66.8 Å². The Morgan fingerprint density at radius 2 is 1.75 bits per heavy atom. The summed E-state index contributed by atoms with van der Waals surface area (Å²) in [6.45, 7) is 0.774. The molecule has 1 N–H and O–H groups in total. The van der Waals surface area contributed by atoms with Crippen LogP contribution < -0.4 is 4.74 Å². The highest BCUT2D eigenvalue weighted by molar-refractivity contribution is 5.97. The van der Waals surface area contributed by atoms with Crippen LogP contribution in [0.15, 0.2) is 36.4 Å². The molecule has 2 aromatic rings. The summed E-state index contributed by atoms with van der Waals surface area (Å²) in [5, 5.41) is 9.30. The first-order valence-corrected chi connectivity index (χ1v) is 9.04. The number of rotatable bonds is 5. The van der Waals surface area contributed by atoms with Crippen molar-refractivity contribution in [3.63, 3.8) is 0 Å². The lowest BCUT2D eigenvalue weighted by atomic mass is 9.88. The number of carbonyl (C=O) groups excluding carboxylic acids is 1. The Balaban J connectivity index is 1.69. The van der Waals surface area contributed by atoms with Crippen molar-refractivity contribution in [2.24, 2.45) is 5.92 Å². The third-order valence-electron chi connectivity index (χ3n) is 5.13. The van der Waals surface area contributed by atoms with E-state index in [1.165, 1.54) is 12.0 Å². The molecule has 0 saturated carbocycles. The molecular formula is C21H21F2NO4. The number of benzene rings is 2. The number of carboxylic acids is 1. The van der Waals surface area contributed by atoms with Gasteiger partial charge in [0.1, 0.15) is 11.4 Å². The molecule has 0 radical (unpaired) electrons. The van der Waals surface area contributed by atoms with Gasteiger partial charge in [-0.25, -0.2) is 13.6 Å². The van der Waals surface area contributed by atoms with Gasteiger partial charge in [-0.15, -0.1) is 0 Å². The molecule has 0 spiro atoms. The van der Waals surface area contributed by atoms with E-state index in [0.717, 1.165) is 17.7 Å². The largest absolute Gasteiger partial charge is 0.493 e. The Kier molecular flexibility index (Phi) is 5.92. The third-order valence-corrected chi connectivity index (χ3v) is 5.13. The van der Waals surface area contributed by atoms with Crippen molar-refractivity contribution in [2.45, 2.75) is 19.3 Å². The van der Waals surface area contributed by atoms with Crippen molar-refractivity contribution >= 4 is 11.9 Å². The van der Waals surface area contributed by atoms with Gasteiger partial charge < -0.3 is 14.7 Å². The zero-order chi connectivity index (χ0) is 20.3. The normalized spacial score (nSPS) is 14.8. The number of likely N-dealkylation sites (tertiary alicyclic amines) is 1. The Morgan fingerprint density at radius 1 is 1.11 bits per heavy atom. The molecule has 1 amide bonds. The van der Waals surface area contributed by atoms with E-state index in [1.807, 2.05) is 0 Å². The van der Waals surface area contributed by atoms with Crippen LogP contribution in [0.1, 0.15) is 39.1 Å². The highest BCUT2D eigenvalue weighted by Crippen LogP contribution is 2.29. The summed E-state index contributed by atoms with van der Waals surface area (Å²) in [5.74, 6) is -3.34. The molecule has 0 unspecified atom stereocenters. The number of nitrogens with zero attached hydrogens (tertiary/aromatic N) is 1. The van der Waals surface area contributed by atoms with Crippen molar-refractivity contribution in [1.82, 2.24) is 4.90 Å². The van der Waals surface area contributed by atoms with Crippen LogP contribution in [0.5, 0.6) is 5.75 Å². The molecule has 2 aromatic carbocycles. The summed E-state index contributed by atoms with van der Waals surface area (Å²) in [4.78, 5) is 25.6. The first-order chi connectivity index (χ1) is 13.4. The van der Waals surface area contributed by atoms with Crippen molar-refractivity contribution in [3.8, 4) is 5.75 Å². The number of aromatic carboxylic acids is 1. The van der Waals surface area contributed by atoms with Gasteiger partial charge in [-0.3, -0.25) is 4.79 Å². The van der Waals surface area contributed by atoms with Gasteiger partial charge in [0, 0.05) is 13.1 Å². The fourth-order valence-corrected chi connectivity index (χ4v) is 3.65. The van der Waals surface area contributed by atoms with E-state index >= 15 is 0 Å². The van der Waals surface area contributed by atoms with Crippen molar-refractivity contribution < 1.29 is 28.2 Å². The van der Waals surface area contributed by atoms with Gasteiger partial charge in [-0.2, -0.15) is 0 Å². The fraction of sp³-hybridized carbons (Fsp3) is 0.333. The summed E-state index contributed by atoms with van der Waals surface area (Å²) >= 11 is 0. The summed E-state index contributed by atoms with van der Waals surface area (Å²) in [6.07, 6.45) is 1.90. The summed E-state index contributed by atoms with van der Waals surface area (Å²) < 4.78 is 32.9. The van der Waals surface area contributed by atoms with E-state index in [2.05, 4.69) is 0 Å². The molecule has 148 valence electrons. The standard InChI is InChI=1S/C21H21F2NO4/c1-28-19-17(23)7-6-16(22)18(19)20(25)24-10-8-13(9-11-24)12-14-4-2-3-5-15(14)21(26)27/h2-7,13H,8-12H2,1H3,(H,26,27). The first kappa shape index (κ1) is 19.8. The van der Waals surface area contributed by atoms with Gasteiger partial charge in [0.2, 0.25) is 0 Å². The van der Waals surface area contributed by atoms with Crippen LogP contribution >= 0.6 is 0 Å². The van der Waals surface area contributed by atoms with E-state index in [4.69, 9.17) is 4.74 Å². The second-order valence-electron chi connectivity index (χ2n) is 6.84. The minimum absolute atomic E-state index is 0.212. The van der Waals surface area contributed by atoms with E-state index in [0.29, 0.717) is 32.4 Å². The number of piperidine rings is 1. The van der Waals surface area contributed by atoms with Crippen molar-refractivity contribution in [2.75, 3.05) is 20.2 Å². The molecule has 0 aliphatic carbocycles. The van der Waals surface area contributed by atoms with Gasteiger partial charge in [-0.05, 0) is 48.9 Å². The number of halogens is 2. The Bertz CT molecular complexity index is 892. The maximum Gasteiger partial charge on any atom is 0.335 e. The molecule has 1 aliphatic heterocycles. The molecule has 1 heterocycles. The van der Waals surface area contributed by atoms with Crippen LogP contribution in [0.25, 0.3) is 0 Å². The molecule has 3 rings (SSSR count). The average Bonchev–Trinajstić information content (AvgIpc) is 2.69. The predicted molar refractivity (Wildman–Crippen MR) is 98.6 cm³/mol. The highest BCUT2D eigenvalue weighted by Gasteiger charge is 2.29. The van der Waals surface area contributed by atoms with Crippen LogP contribution in [0.2, 0.25) is 0 Å². The first-order valence-electron chi connectivity index (χ1n) is 9.04. The lowest BCUT2D eigenvalue weighted by Gasteiger charge is -2.32. The van der Waals surface area contributed by atoms with Gasteiger partial charge in [0.15, 0.2) is 11.6 Å². The number of ether oxygens (including phenoxy) is 1. The Morgan fingerprint density at radius 3 is 2.39 bits per heavy atom. The number of amides is 1. The molecule has 0 aromatic heterocycles. The van der Waals surface area contributed by atoms with E-state index in [9.17, 15) is 23.5 Å². The third kappa shape index (κ3) is 3.98. The van der Waals surface area contributed by atoms with E-state index in [-0.39, 0.29) is 17.2 Å². The average molecular weight is 389 g/mol. The Labute approximate surface area is 161 Å². The molecule has 7 heteroatoms. The minimum Gasteiger partial charge on any atom is -0.493 e. The van der Waals surface area contributed by atoms with Crippen LogP contribution in [0, 0.1) is 17.6 Å². The molecule has 5 nitrogen and oxygen atoms in total. The van der Waals surface area contributed by atoms with Crippen LogP contribution in [0.3, 0.4) is 0 Å². The highest BCUT2D eigenvalue weighted by atomic mass is 19.1. The zero-order valence-corrected chi connectivity index (χ0v) is 15.5. The number of carboxylic acid groups (broad SMARTS) is 1. The molecule has 1 aliphatic rings. The molecule has 1 saturated heterocycles. The number of methoxy groups -OCH3 is 1. The van der Waals surface area contributed by atoms with Crippen molar-refractivity contribution in [1.29, 1.82) is 0 Å². The smallest absolute Gasteiger partial charge is 0.335 e. The lowest BCUT2D eigenvalue weighted by molar-refractivity contribution is 0.0681. The van der Waals surface area contributed by atoms with E-state index < -0.39 is 29.1 Å². The van der Waals surface area contributed by atoms with Crippen LogP contribution in [0.4, 0.5) is 8.78 Å². The molecular weight excluding hydrogens is 368 g/mol.